The van der Waals surface area contributed by atoms with Crippen LogP contribution in [0, 0.1) is 0 Å². The Morgan fingerprint density at radius 2 is 2.10 bits per heavy atom. The molecular weight excluding hydrogens is 406 g/mol. The van der Waals surface area contributed by atoms with Gasteiger partial charge in [0.15, 0.2) is 5.11 Å². The molecule has 1 aromatic heterocycles. The molecule has 2 aliphatic rings. The SMILES string of the molecule is COc1ccc(/C=C2/NC(=S)N(Cc3ccco3)C2=O)cc1CN1CCSCC1. The predicted molar refractivity (Wildman–Crippen MR) is 119 cm³/mol. The summed E-state index contributed by atoms with van der Waals surface area (Å²) in [7, 11) is 1.69. The molecule has 3 heterocycles. The third-order valence-electron chi connectivity index (χ3n) is 4.97. The lowest BCUT2D eigenvalue weighted by Gasteiger charge is -2.26. The van der Waals surface area contributed by atoms with Crippen LogP contribution < -0.4 is 10.1 Å². The summed E-state index contributed by atoms with van der Waals surface area (Å²) in [6.07, 6.45) is 3.43. The third-order valence-corrected chi connectivity index (χ3v) is 6.23. The van der Waals surface area contributed by atoms with Crippen molar-refractivity contribution >= 4 is 41.1 Å². The number of methoxy groups -OCH3 is 1. The fourth-order valence-corrected chi connectivity index (χ4v) is 4.69. The summed E-state index contributed by atoms with van der Waals surface area (Å²) in [5.41, 5.74) is 2.52. The van der Waals surface area contributed by atoms with Crippen molar-refractivity contribution in [2.24, 2.45) is 0 Å². The molecule has 0 bridgehead atoms. The average Bonchev–Trinajstić information content (AvgIpc) is 3.33. The minimum absolute atomic E-state index is 0.156. The number of hydrogen-bond acceptors (Lipinski definition) is 6. The van der Waals surface area contributed by atoms with E-state index in [0.29, 0.717) is 23.1 Å². The molecule has 2 aliphatic heterocycles. The minimum atomic E-state index is -0.156. The van der Waals surface area contributed by atoms with Gasteiger partial charge in [-0.3, -0.25) is 14.6 Å². The molecule has 0 spiro atoms. The maximum absolute atomic E-state index is 12.8. The highest BCUT2D eigenvalue weighted by atomic mass is 32.2. The van der Waals surface area contributed by atoms with E-state index in [1.807, 2.05) is 36.0 Å². The van der Waals surface area contributed by atoms with Crippen LogP contribution in [0.2, 0.25) is 0 Å². The molecule has 6 nitrogen and oxygen atoms in total. The highest BCUT2D eigenvalue weighted by Gasteiger charge is 2.31. The molecule has 1 N–H and O–H groups in total. The van der Waals surface area contributed by atoms with Gasteiger partial charge in [-0.1, -0.05) is 6.07 Å². The van der Waals surface area contributed by atoms with E-state index < -0.39 is 0 Å². The van der Waals surface area contributed by atoms with Crippen LogP contribution in [0.4, 0.5) is 0 Å². The van der Waals surface area contributed by atoms with Gasteiger partial charge in [0, 0.05) is 36.7 Å². The number of ether oxygens (including phenoxy) is 1. The van der Waals surface area contributed by atoms with Gasteiger partial charge in [-0.15, -0.1) is 0 Å². The van der Waals surface area contributed by atoms with Crippen molar-refractivity contribution in [2.45, 2.75) is 13.1 Å². The van der Waals surface area contributed by atoms with Gasteiger partial charge < -0.3 is 14.5 Å². The van der Waals surface area contributed by atoms with Crippen LogP contribution in [0.5, 0.6) is 5.75 Å². The molecule has 0 atom stereocenters. The number of thioether (sulfide) groups is 1. The zero-order chi connectivity index (χ0) is 20.2. The lowest BCUT2D eigenvalue weighted by Crippen LogP contribution is -2.32. The number of thiocarbonyl (C=S) groups is 1. The van der Waals surface area contributed by atoms with Crippen molar-refractivity contribution in [3.05, 3.63) is 59.2 Å². The van der Waals surface area contributed by atoms with Gasteiger partial charge in [-0.25, -0.2) is 0 Å². The fraction of sp³-hybridized carbons (Fsp3) is 0.333. The monoisotopic (exact) mass is 429 g/mol. The molecule has 152 valence electrons. The Balaban J connectivity index is 1.53. The number of carbonyl (C=O) groups is 1. The second-order valence-electron chi connectivity index (χ2n) is 6.92. The average molecular weight is 430 g/mol. The van der Waals surface area contributed by atoms with Crippen LogP contribution in [0.1, 0.15) is 16.9 Å². The van der Waals surface area contributed by atoms with Gasteiger partial charge in [0.25, 0.3) is 5.91 Å². The summed E-state index contributed by atoms with van der Waals surface area (Å²) >= 11 is 7.33. The molecule has 2 saturated heterocycles. The zero-order valence-electron chi connectivity index (χ0n) is 16.2. The lowest BCUT2D eigenvalue weighted by molar-refractivity contribution is -0.122. The molecule has 2 fully saturated rings. The first kappa shape index (κ1) is 20.0. The lowest BCUT2D eigenvalue weighted by atomic mass is 10.1. The van der Waals surface area contributed by atoms with Crippen LogP contribution in [-0.4, -0.2) is 52.5 Å². The molecule has 1 amide bonds. The molecule has 29 heavy (non-hydrogen) atoms. The van der Waals surface area contributed by atoms with Crippen molar-refractivity contribution in [2.75, 3.05) is 31.7 Å². The Morgan fingerprint density at radius 1 is 1.28 bits per heavy atom. The van der Waals surface area contributed by atoms with Crippen LogP contribution >= 0.6 is 24.0 Å². The molecule has 0 aliphatic carbocycles. The van der Waals surface area contributed by atoms with Gasteiger partial charge in [0.05, 0.1) is 19.9 Å². The maximum Gasteiger partial charge on any atom is 0.276 e. The number of nitrogens with zero attached hydrogens (tertiary/aromatic N) is 2. The highest BCUT2D eigenvalue weighted by molar-refractivity contribution is 7.99. The van der Waals surface area contributed by atoms with Gasteiger partial charge >= 0.3 is 0 Å². The summed E-state index contributed by atoms with van der Waals surface area (Å²) < 4.78 is 10.9. The Bertz CT molecular complexity index is 921. The zero-order valence-corrected chi connectivity index (χ0v) is 17.9. The summed E-state index contributed by atoms with van der Waals surface area (Å²) in [4.78, 5) is 16.7. The fourth-order valence-electron chi connectivity index (χ4n) is 3.45. The third kappa shape index (κ3) is 4.66. The van der Waals surface area contributed by atoms with Crippen molar-refractivity contribution in [3.63, 3.8) is 0 Å². The molecular formula is C21H23N3O3S2. The summed E-state index contributed by atoms with van der Waals surface area (Å²) in [5, 5.41) is 3.41. The van der Waals surface area contributed by atoms with Crippen molar-refractivity contribution < 1.29 is 13.9 Å². The Labute approximate surface area is 179 Å². The Morgan fingerprint density at radius 3 is 2.83 bits per heavy atom. The number of rotatable bonds is 6. The summed E-state index contributed by atoms with van der Waals surface area (Å²) in [5.74, 6) is 3.72. The number of amides is 1. The number of carbonyl (C=O) groups excluding carboxylic acids is 1. The van der Waals surface area contributed by atoms with Gasteiger partial charge in [-0.05, 0) is 48.1 Å². The van der Waals surface area contributed by atoms with E-state index >= 15 is 0 Å². The molecule has 0 unspecified atom stereocenters. The van der Waals surface area contributed by atoms with Crippen molar-refractivity contribution in [3.8, 4) is 5.75 Å². The van der Waals surface area contributed by atoms with Crippen LogP contribution in [0.15, 0.2) is 46.7 Å². The number of hydrogen-bond donors (Lipinski definition) is 1. The minimum Gasteiger partial charge on any atom is -0.496 e. The van der Waals surface area contributed by atoms with E-state index in [0.717, 1.165) is 48.0 Å². The largest absolute Gasteiger partial charge is 0.496 e. The number of nitrogens with one attached hydrogen (secondary N) is 1. The van der Waals surface area contributed by atoms with E-state index in [9.17, 15) is 4.79 Å². The van der Waals surface area contributed by atoms with E-state index in [-0.39, 0.29) is 5.91 Å². The first-order chi connectivity index (χ1) is 14.1. The van der Waals surface area contributed by atoms with Crippen LogP contribution in [0.25, 0.3) is 6.08 Å². The maximum atomic E-state index is 12.8. The van der Waals surface area contributed by atoms with Crippen molar-refractivity contribution in [1.29, 1.82) is 0 Å². The first-order valence-corrected chi connectivity index (χ1v) is 11.0. The van der Waals surface area contributed by atoms with E-state index in [1.165, 1.54) is 4.90 Å². The van der Waals surface area contributed by atoms with Crippen LogP contribution in [0.3, 0.4) is 0 Å². The van der Waals surface area contributed by atoms with Gasteiger partial charge in [0.2, 0.25) is 0 Å². The van der Waals surface area contributed by atoms with Gasteiger partial charge in [-0.2, -0.15) is 11.8 Å². The van der Waals surface area contributed by atoms with Crippen molar-refractivity contribution in [1.82, 2.24) is 15.1 Å². The molecule has 8 heteroatoms. The highest BCUT2D eigenvalue weighted by Crippen LogP contribution is 2.25. The molecule has 1 aromatic carbocycles. The van der Waals surface area contributed by atoms with Gasteiger partial charge in [0.1, 0.15) is 17.2 Å². The molecule has 4 rings (SSSR count). The Kier molecular flexibility index (Phi) is 6.22. The predicted octanol–water partition coefficient (Wildman–Crippen LogP) is 3.09. The van der Waals surface area contributed by atoms with E-state index in [1.54, 1.807) is 19.4 Å². The number of furan rings is 1. The standard InChI is InChI=1S/C21H23N3O3S2/c1-26-19-5-4-15(11-16(19)13-23-6-9-29-10-7-23)12-18-20(25)24(21(28)22-18)14-17-3-2-8-27-17/h2-5,8,11-12H,6-7,9-10,13-14H2,1H3,(H,22,28)/b18-12+. The Hall–Kier alpha value is -2.29. The quantitative estimate of drug-likeness (QED) is 0.559. The molecule has 0 saturated carbocycles. The second-order valence-corrected chi connectivity index (χ2v) is 8.53. The summed E-state index contributed by atoms with van der Waals surface area (Å²) in [6, 6.07) is 9.61. The first-order valence-electron chi connectivity index (χ1n) is 9.48. The molecule has 0 radical (unpaired) electrons. The van der Waals surface area contributed by atoms with E-state index in [4.69, 9.17) is 21.4 Å². The topological polar surface area (TPSA) is 58.0 Å². The second kappa shape index (κ2) is 9.02. The van der Waals surface area contributed by atoms with Crippen LogP contribution in [-0.2, 0) is 17.9 Å². The normalized spacial score (nSPS) is 19.1. The smallest absolute Gasteiger partial charge is 0.276 e. The molecule has 2 aromatic rings. The summed E-state index contributed by atoms with van der Waals surface area (Å²) in [6.45, 7) is 3.31. The number of benzene rings is 1. The van der Waals surface area contributed by atoms with E-state index in [2.05, 4.69) is 16.3 Å².